The Hall–Kier alpha value is -2.36. The third-order valence-electron chi connectivity index (χ3n) is 2.89. The first-order valence-electron chi connectivity index (χ1n) is 5.37. The molecule has 0 bridgehead atoms. The van der Waals surface area contributed by atoms with Crippen LogP contribution in [0.2, 0.25) is 0 Å². The van der Waals surface area contributed by atoms with Gasteiger partial charge >= 0.3 is 0 Å². The van der Waals surface area contributed by atoms with Gasteiger partial charge in [-0.1, -0.05) is 6.07 Å². The minimum Gasteiger partial charge on any atom is -0.398 e. The zero-order valence-electron chi connectivity index (χ0n) is 9.46. The number of benzene rings is 1. The van der Waals surface area contributed by atoms with E-state index < -0.39 is 0 Å². The number of aryl methyl sites for hydroxylation is 1. The number of hydrogen-bond donors (Lipinski definition) is 1. The molecule has 0 saturated carbocycles. The standard InChI is InChI=1S/C13H12N4/c1-17-13-6-11(9-3-2-4-15-7-9)12(14)5-10(13)8-16-17/h2-8H,14H2,1H3. The highest BCUT2D eigenvalue weighted by molar-refractivity contribution is 5.91. The van der Waals surface area contributed by atoms with Gasteiger partial charge in [-0.15, -0.1) is 0 Å². The van der Waals surface area contributed by atoms with E-state index in [4.69, 9.17) is 5.73 Å². The molecule has 0 amide bonds. The molecule has 84 valence electrons. The first-order valence-corrected chi connectivity index (χ1v) is 5.37. The van der Waals surface area contributed by atoms with Crippen molar-refractivity contribution in [2.45, 2.75) is 0 Å². The van der Waals surface area contributed by atoms with E-state index in [1.54, 1.807) is 6.20 Å². The molecule has 2 heterocycles. The summed E-state index contributed by atoms with van der Waals surface area (Å²) < 4.78 is 1.84. The van der Waals surface area contributed by atoms with Crippen LogP contribution < -0.4 is 5.73 Å². The van der Waals surface area contributed by atoms with E-state index in [0.29, 0.717) is 0 Å². The SMILES string of the molecule is Cn1ncc2cc(N)c(-c3cccnc3)cc21. The lowest BCUT2D eigenvalue weighted by Crippen LogP contribution is -1.93. The molecule has 0 spiro atoms. The van der Waals surface area contributed by atoms with Crippen LogP contribution in [0.4, 0.5) is 5.69 Å². The zero-order chi connectivity index (χ0) is 11.8. The number of pyridine rings is 1. The van der Waals surface area contributed by atoms with Crippen molar-refractivity contribution >= 4 is 16.6 Å². The molecular weight excluding hydrogens is 212 g/mol. The topological polar surface area (TPSA) is 56.7 Å². The van der Waals surface area contributed by atoms with Crippen molar-refractivity contribution < 1.29 is 0 Å². The average molecular weight is 224 g/mol. The number of nitrogens with two attached hydrogens (primary N) is 1. The molecule has 2 aromatic heterocycles. The van der Waals surface area contributed by atoms with Gasteiger partial charge < -0.3 is 5.73 Å². The van der Waals surface area contributed by atoms with Crippen molar-refractivity contribution in [3.63, 3.8) is 0 Å². The molecular formula is C13H12N4. The van der Waals surface area contributed by atoms with Crippen molar-refractivity contribution in [2.75, 3.05) is 5.73 Å². The van der Waals surface area contributed by atoms with Crippen LogP contribution in [-0.2, 0) is 7.05 Å². The van der Waals surface area contributed by atoms with Gasteiger partial charge in [0.05, 0.1) is 11.7 Å². The Bertz CT molecular complexity index is 670. The Labute approximate surface area is 98.7 Å². The summed E-state index contributed by atoms with van der Waals surface area (Å²) in [7, 11) is 1.92. The van der Waals surface area contributed by atoms with Crippen molar-refractivity contribution in [3.8, 4) is 11.1 Å². The second kappa shape index (κ2) is 3.59. The summed E-state index contributed by atoms with van der Waals surface area (Å²) in [6.07, 6.45) is 5.38. The summed E-state index contributed by atoms with van der Waals surface area (Å²) >= 11 is 0. The molecule has 2 N–H and O–H groups in total. The molecule has 3 aromatic rings. The van der Waals surface area contributed by atoms with Gasteiger partial charge in [0, 0.05) is 41.6 Å². The first-order chi connectivity index (χ1) is 8.25. The third-order valence-corrected chi connectivity index (χ3v) is 2.89. The molecule has 17 heavy (non-hydrogen) atoms. The fraction of sp³-hybridized carbons (Fsp3) is 0.0769. The summed E-state index contributed by atoms with van der Waals surface area (Å²) in [6.45, 7) is 0. The van der Waals surface area contributed by atoms with Crippen molar-refractivity contribution in [1.29, 1.82) is 0 Å². The Morgan fingerprint density at radius 2 is 2.12 bits per heavy atom. The van der Waals surface area contributed by atoms with Crippen LogP contribution in [0.1, 0.15) is 0 Å². The smallest absolute Gasteiger partial charge is 0.0686 e. The number of fused-ring (bicyclic) bond motifs is 1. The quantitative estimate of drug-likeness (QED) is 0.645. The lowest BCUT2D eigenvalue weighted by Gasteiger charge is -2.06. The largest absolute Gasteiger partial charge is 0.398 e. The highest BCUT2D eigenvalue weighted by Gasteiger charge is 2.07. The number of nitrogens with zero attached hydrogens (tertiary/aromatic N) is 3. The number of nitrogen functional groups attached to an aromatic ring is 1. The highest BCUT2D eigenvalue weighted by atomic mass is 15.2. The molecule has 0 fully saturated rings. The van der Waals surface area contributed by atoms with E-state index in [1.165, 1.54) is 0 Å². The van der Waals surface area contributed by atoms with Crippen LogP contribution in [0.3, 0.4) is 0 Å². The Balaban J connectivity index is 2.29. The van der Waals surface area contributed by atoms with Crippen LogP contribution >= 0.6 is 0 Å². The second-order valence-electron chi connectivity index (χ2n) is 4.01. The number of hydrogen-bond acceptors (Lipinski definition) is 3. The zero-order valence-corrected chi connectivity index (χ0v) is 9.46. The van der Waals surface area contributed by atoms with E-state index >= 15 is 0 Å². The Kier molecular flexibility index (Phi) is 2.08. The Morgan fingerprint density at radius 1 is 1.24 bits per heavy atom. The molecule has 3 rings (SSSR count). The average Bonchev–Trinajstić information content (AvgIpc) is 2.70. The van der Waals surface area contributed by atoms with Crippen molar-refractivity contribution in [1.82, 2.24) is 14.8 Å². The van der Waals surface area contributed by atoms with Crippen LogP contribution in [0.25, 0.3) is 22.0 Å². The lowest BCUT2D eigenvalue weighted by molar-refractivity contribution is 0.797. The van der Waals surface area contributed by atoms with Gasteiger partial charge in [0.1, 0.15) is 0 Å². The Morgan fingerprint density at radius 3 is 2.88 bits per heavy atom. The molecule has 0 atom stereocenters. The maximum absolute atomic E-state index is 6.06. The highest BCUT2D eigenvalue weighted by Crippen LogP contribution is 2.29. The van der Waals surface area contributed by atoms with Gasteiger partial charge in [0.25, 0.3) is 0 Å². The normalized spacial score (nSPS) is 10.9. The minimum atomic E-state index is 0.749. The molecule has 0 aliphatic carbocycles. The minimum absolute atomic E-state index is 0.749. The third kappa shape index (κ3) is 1.54. The summed E-state index contributed by atoms with van der Waals surface area (Å²) in [6, 6.07) is 7.91. The maximum Gasteiger partial charge on any atom is 0.0686 e. The summed E-state index contributed by atoms with van der Waals surface area (Å²) in [5.74, 6) is 0. The maximum atomic E-state index is 6.06. The van der Waals surface area contributed by atoms with E-state index in [2.05, 4.69) is 16.1 Å². The van der Waals surface area contributed by atoms with Gasteiger partial charge in [0.15, 0.2) is 0 Å². The molecule has 0 aliphatic rings. The molecule has 0 radical (unpaired) electrons. The van der Waals surface area contributed by atoms with Gasteiger partial charge in [-0.2, -0.15) is 5.10 Å². The fourth-order valence-corrected chi connectivity index (χ4v) is 1.99. The van der Waals surface area contributed by atoms with E-state index in [-0.39, 0.29) is 0 Å². The lowest BCUT2D eigenvalue weighted by atomic mass is 10.0. The first kappa shape index (κ1) is 9.84. The molecule has 0 saturated heterocycles. The van der Waals surface area contributed by atoms with Gasteiger partial charge in [-0.05, 0) is 18.2 Å². The van der Waals surface area contributed by atoms with Crippen molar-refractivity contribution in [2.24, 2.45) is 7.05 Å². The summed E-state index contributed by atoms with van der Waals surface area (Å²) in [4.78, 5) is 4.11. The van der Waals surface area contributed by atoms with E-state index in [9.17, 15) is 0 Å². The van der Waals surface area contributed by atoms with Crippen LogP contribution in [-0.4, -0.2) is 14.8 Å². The summed E-state index contributed by atoms with van der Waals surface area (Å²) in [5.41, 5.74) is 9.90. The monoisotopic (exact) mass is 224 g/mol. The van der Waals surface area contributed by atoms with Gasteiger partial charge in [-0.3, -0.25) is 9.67 Å². The fourth-order valence-electron chi connectivity index (χ4n) is 1.99. The van der Waals surface area contributed by atoms with Crippen LogP contribution in [0, 0.1) is 0 Å². The molecule has 0 aliphatic heterocycles. The number of anilines is 1. The van der Waals surface area contributed by atoms with E-state index in [0.717, 1.165) is 27.7 Å². The molecule has 4 heteroatoms. The van der Waals surface area contributed by atoms with E-state index in [1.807, 2.05) is 42.3 Å². The van der Waals surface area contributed by atoms with Crippen LogP contribution in [0.15, 0.2) is 42.9 Å². The number of rotatable bonds is 1. The predicted octanol–water partition coefficient (Wildman–Crippen LogP) is 2.22. The number of aromatic nitrogens is 3. The van der Waals surface area contributed by atoms with Gasteiger partial charge in [-0.25, -0.2) is 0 Å². The second-order valence-corrected chi connectivity index (χ2v) is 4.01. The summed E-state index contributed by atoms with van der Waals surface area (Å²) in [5, 5.41) is 5.27. The molecule has 0 unspecified atom stereocenters. The van der Waals surface area contributed by atoms with Gasteiger partial charge in [0.2, 0.25) is 0 Å². The van der Waals surface area contributed by atoms with Crippen LogP contribution in [0.5, 0.6) is 0 Å². The molecule has 1 aromatic carbocycles. The van der Waals surface area contributed by atoms with Crippen molar-refractivity contribution in [3.05, 3.63) is 42.9 Å². The predicted molar refractivity (Wildman–Crippen MR) is 68.4 cm³/mol. The molecule has 4 nitrogen and oxygen atoms in total.